The topological polar surface area (TPSA) is 58.6 Å². The summed E-state index contributed by atoms with van der Waals surface area (Å²) in [5.74, 6) is 0.0336. The summed E-state index contributed by atoms with van der Waals surface area (Å²) in [4.78, 5) is 29.0. The van der Waals surface area contributed by atoms with Crippen LogP contribution in [0.3, 0.4) is 0 Å². The van der Waals surface area contributed by atoms with E-state index in [1.165, 1.54) is 24.0 Å². The second-order valence-electron chi connectivity index (χ2n) is 10.1. The van der Waals surface area contributed by atoms with E-state index >= 15 is 0 Å². The third-order valence-corrected chi connectivity index (χ3v) is 8.18. The van der Waals surface area contributed by atoms with Gasteiger partial charge in [-0.05, 0) is 69.4 Å². The van der Waals surface area contributed by atoms with Crippen molar-refractivity contribution in [3.63, 3.8) is 0 Å². The van der Waals surface area contributed by atoms with Crippen molar-refractivity contribution in [2.24, 2.45) is 0 Å². The molecule has 2 fully saturated rings. The van der Waals surface area contributed by atoms with Gasteiger partial charge in [0.15, 0.2) is 0 Å². The van der Waals surface area contributed by atoms with E-state index in [1.54, 1.807) is 11.8 Å². The van der Waals surface area contributed by atoms with Crippen LogP contribution in [0.15, 0.2) is 53.4 Å². The van der Waals surface area contributed by atoms with Crippen molar-refractivity contribution >= 4 is 29.7 Å². The maximum atomic E-state index is 13.6. The quantitative estimate of drug-likeness (QED) is 0.336. The number of nitrogens with one attached hydrogen (secondary N) is 1. The van der Waals surface area contributed by atoms with Crippen molar-refractivity contribution in [2.45, 2.75) is 76.8 Å². The van der Waals surface area contributed by atoms with Crippen molar-refractivity contribution in [2.75, 3.05) is 13.2 Å². The SMILES string of the molecule is Cc1cccc(CN2C(=O)/C(=C\c3ccc(C(=O)NCCCOC(C)C)cc3)SC3CCCCC32)c1. The number of nitrogens with zero attached hydrogens (tertiary/aromatic N) is 1. The number of aryl methyl sites for hydroxylation is 1. The lowest BCUT2D eigenvalue weighted by molar-refractivity contribution is -0.130. The molecule has 2 amide bonds. The van der Waals surface area contributed by atoms with E-state index < -0.39 is 0 Å². The molecule has 0 aromatic heterocycles. The molecule has 6 heteroatoms. The fourth-order valence-electron chi connectivity index (χ4n) is 4.95. The van der Waals surface area contributed by atoms with Crippen molar-refractivity contribution < 1.29 is 14.3 Å². The Balaban J connectivity index is 1.43. The van der Waals surface area contributed by atoms with Crippen molar-refractivity contribution in [3.8, 4) is 0 Å². The monoisotopic (exact) mass is 506 g/mol. The van der Waals surface area contributed by atoms with Gasteiger partial charge in [-0.3, -0.25) is 9.59 Å². The first-order chi connectivity index (χ1) is 17.4. The lowest BCUT2D eigenvalue weighted by Gasteiger charge is -2.44. The standard InChI is InChI=1S/C30H38N2O3S/c1-21(2)35-17-7-16-31-29(33)25-14-12-23(13-15-25)19-28-30(34)32(20-24-9-6-8-22(3)18-24)26-10-4-5-11-27(26)36-28/h6,8-9,12-15,18-19,21,26-27H,4-5,7,10-11,16-17,20H2,1-3H3,(H,31,33)/b28-19+. The van der Waals surface area contributed by atoms with E-state index in [0.717, 1.165) is 29.7 Å². The van der Waals surface area contributed by atoms with Gasteiger partial charge in [0, 0.05) is 36.6 Å². The lowest BCUT2D eigenvalue weighted by Crippen LogP contribution is -2.50. The van der Waals surface area contributed by atoms with Crippen LogP contribution in [0.4, 0.5) is 0 Å². The number of carbonyl (C=O) groups excluding carboxylic acids is 2. The molecular weight excluding hydrogens is 468 g/mol. The predicted molar refractivity (Wildman–Crippen MR) is 148 cm³/mol. The zero-order valence-electron chi connectivity index (χ0n) is 21.7. The first-order valence-electron chi connectivity index (χ1n) is 13.2. The summed E-state index contributed by atoms with van der Waals surface area (Å²) in [5, 5.41) is 3.39. The van der Waals surface area contributed by atoms with Crippen LogP contribution in [0.25, 0.3) is 6.08 Å². The Bertz CT molecular complexity index is 1080. The first-order valence-corrected chi connectivity index (χ1v) is 14.0. The van der Waals surface area contributed by atoms with Crippen LogP contribution in [0.5, 0.6) is 0 Å². The molecule has 1 N–H and O–H groups in total. The van der Waals surface area contributed by atoms with Crippen LogP contribution in [-0.2, 0) is 16.1 Å². The molecule has 1 saturated heterocycles. The number of ether oxygens (including phenoxy) is 1. The average molecular weight is 507 g/mol. The van der Waals surface area contributed by atoms with Crippen LogP contribution < -0.4 is 5.32 Å². The fourth-order valence-corrected chi connectivity index (χ4v) is 6.42. The second kappa shape index (κ2) is 12.6. The summed E-state index contributed by atoms with van der Waals surface area (Å²) in [5.41, 5.74) is 3.97. The average Bonchev–Trinajstić information content (AvgIpc) is 2.86. The Hall–Kier alpha value is -2.57. The van der Waals surface area contributed by atoms with Crippen molar-refractivity contribution in [3.05, 3.63) is 75.7 Å². The molecule has 1 aliphatic carbocycles. The molecule has 2 aliphatic rings. The molecule has 36 heavy (non-hydrogen) atoms. The molecule has 4 rings (SSSR count). The largest absolute Gasteiger partial charge is 0.379 e. The van der Waals surface area contributed by atoms with Crippen molar-refractivity contribution in [1.82, 2.24) is 10.2 Å². The van der Waals surface area contributed by atoms with Gasteiger partial charge in [0.2, 0.25) is 0 Å². The van der Waals surface area contributed by atoms with Gasteiger partial charge in [0.05, 0.1) is 11.0 Å². The van der Waals surface area contributed by atoms with E-state index in [0.29, 0.717) is 36.6 Å². The summed E-state index contributed by atoms with van der Waals surface area (Å²) in [6.45, 7) is 7.98. The number of rotatable bonds is 9. The number of thioether (sulfide) groups is 1. The molecule has 192 valence electrons. The van der Waals surface area contributed by atoms with Gasteiger partial charge in [-0.2, -0.15) is 0 Å². The summed E-state index contributed by atoms with van der Waals surface area (Å²) in [6.07, 6.45) is 7.62. The van der Waals surface area contributed by atoms with Crippen LogP contribution in [0.1, 0.15) is 73.0 Å². The van der Waals surface area contributed by atoms with E-state index in [2.05, 4.69) is 41.4 Å². The third kappa shape index (κ3) is 7.01. The number of benzene rings is 2. The van der Waals surface area contributed by atoms with Crippen LogP contribution >= 0.6 is 11.8 Å². The van der Waals surface area contributed by atoms with Gasteiger partial charge in [-0.15, -0.1) is 11.8 Å². The fraction of sp³-hybridized carbons (Fsp3) is 0.467. The predicted octanol–water partition coefficient (Wildman–Crippen LogP) is 5.97. The van der Waals surface area contributed by atoms with Crippen LogP contribution in [0, 0.1) is 6.92 Å². The Morgan fingerprint density at radius 1 is 1.17 bits per heavy atom. The molecule has 0 radical (unpaired) electrons. The van der Waals surface area contributed by atoms with E-state index in [1.807, 2.05) is 44.2 Å². The molecule has 2 aromatic carbocycles. The second-order valence-corrected chi connectivity index (χ2v) is 11.4. The number of hydrogen-bond donors (Lipinski definition) is 1. The van der Waals surface area contributed by atoms with Gasteiger partial charge in [0.1, 0.15) is 0 Å². The first kappa shape index (κ1) is 26.5. The van der Waals surface area contributed by atoms with Gasteiger partial charge in [0.25, 0.3) is 11.8 Å². The summed E-state index contributed by atoms with van der Waals surface area (Å²) < 4.78 is 5.51. The molecular formula is C30H38N2O3S. The molecule has 0 spiro atoms. The summed E-state index contributed by atoms with van der Waals surface area (Å²) in [6, 6.07) is 16.3. The smallest absolute Gasteiger partial charge is 0.260 e. The number of fused-ring (bicyclic) bond motifs is 1. The Morgan fingerprint density at radius 3 is 2.69 bits per heavy atom. The van der Waals surface area contributed by atoms with Crippen molar-refractivity contribution in [1.29, 1.82) is 0 Å². The number of amides is 2. The van der Waals surface area contributed by atoms with Crippen LogP contribution in [-0.4, -0.2) is 47.3 Å². The molecule has 2 atom stereocenters. The van der Waals surface area contributed by atoms with Gasteiger partial charge < -0.3 is 15.0 Å². The lowest BCUT2D eigenvalue weighted by atomic mass is 9.92. The zero-order chi connectivity index (χ0) is 25.5. The Labute approximate surface area is 219 Å². The molecule has 1 heterocycles. The number of hydrogen-bond acceptors (Lipinski definition) is 4. The molecule has 0 bridgehead atoms. The highest BCUT2D eigenvalue weighted by Gasteiger charge is 2.40. The number of carbonyl (C=O) groups is 2. The molecule has 1 saturated carbocycles. The van der Waals surface area contributed by atoms with Gasteiger partial charge >= 0.3 is 0 Å². The third-order valence-electron chi connectivity index (χ3n) is 6.78. The summed E-state index contributed by atoms with van der Waals surface area (Å²) >= 11 is 1.74. The van der Waals surface area contributed by atoms with Gasteiger partial charge in [-0.1, -0.05) is 54.8 Å². The molecule has 5 nitrogen and oxygen atoms in total. The highest BCUT2D eigenvalue weighted by Crippen LogP contribution is 2.42. The molecule has 2 unspecified atom stereocenters. The van der Waals surface area contributed by atoms with E-state index in [-0.39, 0.29) is 17.9 Å². The Morgan fingerprint density at radius 2 is 1.94 bits per heavy atom. The maximum absolute atomic E-state index is 13.6. The molecule has 2 aromatic rings. The Kier molecular flexibility index (Phi) is 9.27. The minimum absolute atomic E-state index is 0.0868. The van der Waals surface area contributed by atoms with E-state index in [9.17, 15) is 9.59 Å². The molecule has 1 aliphatic heterocycles. The minimum Gasteiger partial charge on any atom is -0.379 e. The minimum atomic E-state index is -0.0868. The highest BCUT2D eigenvalue weighted by atomic mass is 32.2. The maximum Gasteiger partial charge on any atom is 0.260 e. The zero-order valence-corrected chi connectivity index (χ0v) is 22.5. The highest BCUT2D eigenvalue weighted by molar-refractivity contribution is 8.04. The van der Waals surface area contributed by atoms with Gasteiger partial charge in [-0.25, -0.2) is 0 Å². The van der Waals surface area contributed by atoms with Crippen LogP contribution in [0.2, 0.25) is 0 Å². The van der Waals surface area contributed by atoms with E-state index in [4.69, 9.17) is 4.74 Å². The normalized spacial score (nSPS) is 21.1. The summed E-state index contributed by atoms with van der Waals surface area (Å²) in [7, 11) is 0.